The van der Waals surface area contributed by atoms with Crippen molar-refractivity contribution in [1.29, 1.82) is 0 Å². The van der Waals surface area contributed by atoms with E-state index in [1.807, 2.05) is 12.1 Å². The topological polar surface area (TPSA) is 30.5 Å². The summed E-state index contributed by atoms with van der Waals surface area (Å²) in [6, 6.07) is 5.30. The fraction of sp³-hybridized carbons (Fsp3) is 0.625. The summed E-state index contributed by atoms with van der Waals surface area (Å²) in [6.07, 6.45) is 2.30. The number of rotatable bonds is 6. The number of benzene rings is 1. The lowest BCUT2D eigenvalue weighted by molar-refractivity contribution is -0.0280. The van der Waals surface area contributed by atoms with E-state index in [9.17, 15) is 4.39 Å². The SMILES string of the molecule is COCCNCC1CCCOC1c1ccc(F)c(C)c1. The van der Waals surface area contributed by atoms with Gasteiger partial charge in [-0.15, -0.1) is 0 Å². The van der Waals surface area contributed by atoms with Gasteiger partial charge in [0, 0.05) is 32.7 Å². The van der Waals surface area contributed by atoms with Gasteiger partial charge in [0.2, 0.25) is 0 Å². The number of ether oxygens (including phenoxy) is 2. The van der Waals surface area contributed by atoms with E-state index >= 15 is 0 Å². The molecule has 112 valence electrons. The average Bonchev–Trinajstić information content (AvgIpc) is 2.47. The summed E-state index contributed by atoms with van der Waals surface area (Å²) in [4.78, 5) is 0. The number of halogens is 1. The predicted octanol–water partition coefficient (Wildman–Crippen LogP) is 2.84. The second-order valence-electron chi connectivity index (χ2n) is 5.40. The number of methoxy groups -OCH3 is 1. The Morgan fingerprint density at radius 3 is 3.05 bits per heavy atom. The van der Waals surface area contributed by atoms with Crippen LogP contribution in [0, 0.1) is 18.7 Å². The van der Waals surface area contributed by atoms with Gasteiger partial charge < -0.3 is 14.8 Å². The van der Waals surface area contributed by atoms with Crippen molar-refractivity contribution in [3.63, 3.8) is 0 Å². The molecule has 0 aliphatic carbocycles. The van der Waals surface area contributed by atoms with Crippen LogP contribution in [0.25, 0.3) is 0 Å². The van der Waals surface area contributed by atoms with Crippen LogP contribution in [0.2, 0.25) is 0 Å². The van der Waals surface area contributed by atoms with Gasteiger partial charge in [0.1, 0.15) is 5.82 Å². The quantitative estimate of drug-likeness (QED) is 0.813. The van der Waals surface area contributed by atoms with Crippen molar-refractivity contribution in [2.45, 2.75) is 25.9 Å². The summed E-state index contributed by atoms with van der Waals surface area (Å²) in [7, 11) is 1.70. The highest BCUT2D eigenvalue weighted by Gasteiger charge is 2.27. The summed E-state index contributed by atoms with van der Waals surface area (Å²) in [5.74, 6) is 0.282. The Morgan fingerprint density at radius 1 is 1.45 bits per heavy atom. The standard InChI is InChI=1S/C16H24FNO2/c1-12-10-13(5-6-15(12)17)16-14(4-3-8-20-16)11-18-7-9-19-2/h5-6,10,14,16,18H,3-4,7-9,11H2,1-2H3. The van der Waals surface area contributed by atoms with Crippen molar-refractivity contribution in [3.05, 3.63) is 35.1 Å². The molecule has 0 bridgehead atoms. The summed E-state index contributed by atoms with van der Waals surface area (Å²) in [5, 5.41) is 3.40. The molecule has 1 aromatic carbocycles. The van der Waals surface area contributed by atoms with Crippen LogP contribution >= 0.6 is 0 Å². The monoisotopic (exact) mass is 281 g/mol. The molecule has 0 amide bonds. The van der Waals surface area contributed by atoms with Crippen molar-refractivity contribution in [1.82, 2.24) is 5.32 Å². The second-order valence-corrected chi connectivity index (χ2v) is 5.40. The van der Waals surface area contributed by atoms with E-state index in [4.69, 9.17) is 9.47 Å². The minimum Gasteiger partial charge on any atom is -0.383 e. The Hall–Kier alpha value is -0.970. The van der Waals surface area contributed by atoms with E-state index in [1.54, 1.807) is 14.0 Å². The van der Waals surface area contributed by atoms with E-state index in [2.05, 4.69) is 5.32 Å². The van der Waals surface area contributed by atoms with Crippen LogP contribution in [0.1, 0.15) is 30.1 Å². The highest BCUT2D eigenvalue weighted by atomic mass is 19.1. The van der Waals surface area contributed by atoms with Crippen molar-refractivity contribution >= 4 is 0 Å². The molecule has 1 heterocycles. The predicted molar refractivity (Wildman–Crippen MR) is 77.3 cm³/mol. The smallest absolute Gasteiger partial charge is 0.126 e. The molecule has 2 rings (SSSR count). The van der Waals surface area contributed by atoms with Crippen LogP contribution in [0.15, 0.2) is 18.2 Å². The van der Waals surface area contributed by atoms with Crippen molar-refractivity contribution in [2.24, 2.45) is 5.92 Å². The minimum atomic E-state index is -0.153. The molecule has 1 N–H and O–H groups in total. The van der Waals surface area contributed by atoms with Gasteiger partial charge in [-0.05, 0) is 37.0 Å². The third kappa shape index (κ3) is 4.01. The first-order valence-corrected chi connectivity index (χ1v) is 7.29. The molecule has 1 saturated heterocycles. The lowest BCUT2D eigenvalue weighted by atomic mass is 9.89. The maximum Gasteiger partial charge on any atom is 0.126 e. The normalized spacial score (nSPS) is 22.9. The van der Waals surface area contributed by atoms with Gasteiger partial charge in [-0.3, -0.25) is 0 Å². The van der Waals surface area contributed by atoms with Gasteiger partial charge in [-0.2, -0.15) is 0 Å². The molecule has 20 heavy (non-hydrogen) atoms. The minimum absolute atomic E-state index is 0.0677. The van der Waals surface area contributed by atoms with Gasteiger partial charge in [0.15, 0.2) is 0 Å². The molecular weight excluding hydrogens is 257 g/mol. The van der Waals surface area contributed by atoms with Crippen LogP contribution in [-0.4, -0.2) is 33.4 Å². The van der Waals surface area contributed by atoms with Crippen LogP contribution in [0.3, 0.4) is 0 Å². The summed E-state index contributed by atoms with van der Waals surface area (Å²) < 4.78 is 24.4. The number of nitrogens with one attached hydrogen (secondary N) is 1. The third-order valence-corrected chi connectivity index (χ3v) is 3.84. The average molecular weight is 281 g/mol. The molecule has 0 radical (unpaired) electrons. The highest BCUT2D eigenvalue weighted by molar-refractivity contribution is 5.26. The van der Waals surface area contributed by atoms with E-state index < -0.39 is 0 Å². The molecule has 0 aromatic heterocycles. The Morgan fingerprint density at radius 2 is 2.30 bits per heavy atom. The van der Waals surface area contributed by atoms with Crippen molar-refractivity contribution in [3.8, 4) is 0 Å². The van der Waals surface area contributed by atoms with E-state index in [1.165, 1.54) is 6.07 Å². The zero-order valence-corrected chi connectivity index (χ0v) is 12.3. The van der Waals surface area contributed by atoms with Gasteiger partial charge in [0.05, 0.1) is 12.7 Å². The number of aryl methyl sites for hydroxylation is 1. The molecule has 2 atom stereocenters. The third-order valence-electron chi connectivity index (χ3n) is 3.84. The lowest BCUT2D eigenvalue weighted by Crippen LogP contribution is -2.33. The van der Waals surface area contributed by atoms with Gasteiger partial charge in [-0.25, -0.2) is 4.39 Å². The maximum absolute atomic E-state index is 13.4. The molecule has 1 aliphatic rings. The van der Waals surface area contributed by atoms with Gasteiger partial charge in [-0.1, -0.05) is 12.1 Å². The van der Waals surface area contributed by atoms with Crippen LogP contribution < -0.4 is 5.32 Å². The van der Waals surface area contributed by atoms with Gasteiger partial charge in [0.25, 0.3) is 0 Å². The van der Waals surface area contributed by atoms with Crippen LogP contribution in [0.5, 0.6) is 0 Å². The van der Waals surface area contributed by atoms with Crippen molar-refractivity contribution in [2.75, 3.05) is 33.4 Å². The maximum atomic E-state index is 13.4. The summed E-state index contributed by atoms with van der Waals surface area (Å²) >= 11 is 0. The van der Waals surface area contributed by atoms with E-state index in [0.717, 1.165) is 38.1 Å². The Kier molecular flexibility index (Phi) is 5.95. The lowest BCUT2D eigenvalue weighted by Gasteiger charge is -2.32. The zero-order valence-electron chi connectivity index (χ0n) is 12.3. The van der Waals surface area contributed by atoms with Crippen LogP contribution in [-0.2, 0) is 9.47 Å². The Balaban J connectivity index is 2.00. The molecule has 1 aliphatic heterocycles. The Bertz CT molecular complexity index is 425. The first-order chi connectivity index (χ1) is 9.72. The fourth-order valence-corrected chi connectivity index (χ4v) is 2.73. The van der Waals surface area contributed by atoms with E-state index in [0.29, 0.717) is 18.1 Å². The van der Waals surface area contributed by atoms with Crippen LogP contribution in [0.4, 0.5) is 4.39 Å². The largest absolute Gasteiger partial charge is 0.383 e. The van der Waals surface area contributed by atoms with Crippen molar-refractivity contribution < 1.29 is 13.9 Å². The first kappa shape index (κ1) is 15.4. The highest BCUT2D eigenvalue weighted by Crippen LogP contribution is 2.33. The summed E-state index contributed by atoms with van der Waals surface area (Å²) in [6.45, 7) is 5.06. The molecule has 1 aromatic rings. The first-order valence-electron chi connectivity index (χ1n) is 7.29. The number of hydrogen-bond acceptors (Lipinski definition) is 3. The summed E-state index contributed by atoms with van der Waals surface area (Å²) in [5.41, 5.74) is 1.77. The molecule has 3 nitrogen and oxygen atoms in total. The molecular formula is C16H24FNO2. The molecule has 0 saturated carbocycles. The molecule has 1 fully saturated rings. The molecule has 2 unspecified atom stereocenters. The zero-order chi connectivity index (χ0) is 14.4. The van der Waals surface area contributed by atoms with Gasteiger partial charge >= 0.3 is 0 Å². The molecule has 4 heteroatoms. The fourth-order valence-electron chi connectivity index (χ4n) is 2.73. The Labute approximate surface area is 120 Å². The van der Waals surface area contributed by atoms with E-state index in [-0.39, 0.29) is 11.9 Å². The number of hydrogen-bond donors (Lipinski definition) is 1. The molecule has 0 spiro atoms. The second kappa shape index (κ2) is 7.72.